The average molecular weight is 453 g/mol. The van der Waals surface area contributed by atoms with Crippen LogP contribution in [0.1, 0.15) is 32.1 Å². The predicted molar refractivity (Wildman–Crippen MR) is 118 cm³/mol. The summed E-state index contributed by atoms with van der Waals surface area (Å²) in [5.41, 5.74) is 0.716. The molecule has 1 aromatic carbocycles. The Morgan fingerprint density at radius 3 is 2.52 bits per heavy atom. The minimum atomic E-state index is -1.53. The summed E-state index contributed by atoms with van der Waals surface area (Å²) in [6.07, 6.45) is 0.814. The summed E-state index contributed by atoms with van der Waals surface area (Å²) >= 11 is 5.23. The average Bonchev–Trinajstić information content (AvgIpc) is 2.74. The number of ether oxygens (including phenoxy) is 2. The zero-order valence-corrected chi connectivity index (χ0v) is 17.8. The molecule has 1 fully saturated rings. The van der Waals surface area contributed by atoms with E-state index in [4.69, 9.17) is 33.2 Å². The molecule has 0 aromatic heterocycles. The number of rotatable bonds is 10. The van der Waals surface area contributed by atoms with Crippen LogP contribution in [0.2, 0.25) is 0 Å². The number of nitrogens with one attached hydrogen (secondary N) is 2. The van der Waals surface area contributed by atoms with Gasteiger partial charge in [-0.05, 0) is 55.7 Å². The lowest BCUT2D eigenvalue weighted by atomic mass is 9.96. The van der Waals surface area contributed by atoms with E-state index < -0.39 is 36.7 Å². The van der Waals surface area contributed by atoms with E-state index in [2.05, 4.69) is 16.6 Å². The van der Waals surface area contributed by atoms with E-state index in [1.807, 2.05) is 0 Å². The van der Waals surface area contributed by atoms with Gasteiger partial charge < -0.3 is 40.5 Å². The molecule has 1 heterocycles. The van der Waals surface area contributed by atoms with Crippen molar-refractivity contribution in [3.05, 3.63) is 24.3 Å². The molecule has 1 saturated heterocycles. The molecule has 0 amide bonds. The second-order valence-electron chi connectivity index (χ2n) is 7.13. The molecule has 9 nitrogen and oxygen atoms in total. The molecule has 1 aliphatic rings. The number of aliphatic hydroxyl groups excluding tert-OH is 3. The summed E-state index contributed by atoms with van der Waals surface area (Å²) in [5, 5.41) is 45.6. The Balaban J connectivity index is 1.87. The standard InChI is InChI=1S/C21H28N2O7S/c1-2-3-4-5-12-22-21(31)23-13-6-8-14(9-7-13)29-20-19(28)18(27)17(26)15(30-20)10-11-16(24)25/h1,6-9,15,17-20,26-28H,3-5,10-12H2,(H,24,25)(H2,22,23,31)/t15-,17-,18+,19+,20+/m1/s1. The number of carboxylic acid groups (broad SMARTS) is 1. The van der Waals surface area contributed by atoms with Gasteiger partial charge in [0.05, 0.1) is 6.10 Å². The van der Waals surface area contributed by atoms with E-state index in [0.29, 0.717) is 23.1 Å². The summed E-state index contributed by atoms with van der Waals surface area (Å²) < 4.78 is 11.1. The molecule has 0 radical (unpaired) electrons. The first-order valence-electron chi connectivity index (χ1n) is 9.98. The van der Waals surface area contributed by atoms with Crippen molar-refractivity contribution in [3.8, 4) is 18.1 Å². The largest absolute Gasteiger partial charge is 0.481 e. The Labute approximate surface area is 186 Å². The lowest BCUT2D eigenvalue weighted by molar-refractivity contribution is -0.273. The Bertz CT molecular complexity index is 768. The molecular weight excluding hydrogens is 424 g/mol. The number of anilines is 1. The third kappa shape index (κ3) is 7.97. The number of aliphatic carboxylic acids is 1. The number of carbonyl (C=O) groups is 1. The Morgan fingerprint density at radius 2 is 1.87 bits per heavy atom. The van der Waals surface area contributed by atoms with E-state index in [1.54, 1.807) is 24.3 Å². The zero-order valence-electron chi connectivity index (χ0n) is 16.9. The highest BCUT2D eigenvalue weighted by atomic mass is 32.1. The molecule has 0 aliphatic carbocycles. The van der Waals surface area contributed by atoms with Crippen molar-refractivity contribution in [2.24, 2.45) is 0 Å². The molecule has 0 saturated carbocycles. The number of thiocarbonyl (C=S) groups is 1. The first-order chi connectivity index (χ1) is 14.8. The SMILES string of the molecule is C#CCCCCNC(=S)Nc1ccc(O[C@H]2O[C@H](CCC(=O)O)[C@@H](O)[C@H](O)[C@@H]2O)cc1. The molecule has 1 aromatic rings. The van der Waals surface area contributed by atoms with Gasteiger partial charge in [0, 0.05) is 25.1 Å². The van der Waals surface area contributed by atoms with Crippen LogP contribution in [0.3, 0.4) is 0 Å². The molecule has 0 unspecified atom stereocenters. The first-order valence-corrected chi connectivity index (χ1v) is 10.4. The third-order valence-electron chi connectivity index (χ3n) is 4.71. The molecule has 6 N–H and O–H groups in total. The van der Waals surface area contributed by atoms with Gasteiger partial charge in [0.2, 0.25) is 6.29 Å². The van der Waals surface area contributed by atoms with Gasteiger partial charge in [-0.1, -0.05) is 0 Å². The Kier molecular flexibility index (Phi) is 9.97. The molecule has 0 bridgehead atoms. The summed E-state index contributed by atoms with van der Waals surface area (Å²) in [6, 6.07) is 6.67. The fourth-order valence-corrected chi connectivity index (χ4v) is 3.22. The summed E-state index contributed by atoms with van der Waals surface area (Å²) in [6.45, 7) is 0.711. The highest BCUT2D eigenvalue weighted by molar-refractivity contribution is 7.80. The second kappa shape index (κ2) is 12.4. The van der Waals surface area contributed by atoms with Gasteiger partial charge in [-0.25, -0.2) is 0 Å². The molecular formula is C21H28N2O7S. The Hall–Kier alpha value is -2.42. The predicted octanol–water partition coefficient (Wildman–Crippen LogP) is 0.828. The van der Waals surface area contributed by atoms with Gasteiger partial charge in [-0.3, -0.25) is 4.79 Å². The first kappa shape index (κ1) is 24.8. The molecule has 10 heteroatoms. The summed E-state index contributed by atoms with van der Waals surface area (Å²) in [5.74, 6) is 1.88. The number of aliphatic hydroxyl groups is 3. The maximum Gasteiger partial charge on any atom is 0.303 e. The van der Waals surface area contributed by atoms with Crippen molar-refractivity contribution in [3.63, 3.8) is 0 Å². The van der Waals surface area contributed by atoms with Gasteiger partial charge in [0.25, 0.3) is 0 Å². The summed E-state index contributed by atoms with van der Waals surface area (Å²) in [4.78, 5) is 10.8. The zero-order chi connectivity index (χ0) is 22.8. The minimum absolute atomic E-state index is 0.0316. The number of hydrogen-bond acceptors (Lipinski definition) is 7. The van der Waals surface area contributed by atoms with E-state index >= 15 is 0 Å². The van der Waals surface area contributed by atoms with Crippen LogP contribution in [-0.2, 0) is 9.53 Å². The summed E-state index contributed by atoms with van der Waals surface area (Å²) in [7, 11) is 0. The van der Waals surface area contributed by atoms with Crippen LogP contribution < -0.4 is 15.4 Å². The van der Waals surface area contributed by atoms with Gasteiger partial charge in [0.15, 0.2) is 5.11 Å². The number of carboxylic acids is 1. The highest BCUT2D eigenvalue weighted by Gasteiger charge is 2.44. The molecule has 31 heavy (non-hydrogen) atoms. The van der Waals surface area contributed by atoms with Crippen molar-refractivity contribution < 1.29 is 34.7 Å². The molecule has 2 rings (SSSR count). The maximum atomic E-state index is 10.8. The Morgan fingerprint density at radius 1 is 1.16 bits per heavy atom. The topological polar surface area (TPSA) is 141 Å². The normalized spacial score (nSPS) is 25.3. The third-order valence-corrected chi connectivity index (χ3v) is 4.96. The van der Waals surface area contributed by atoms with Crippen LogP contribution in [0.15, 0.2) is 24.3 Å². The van der Waals surface area contributed by atoms with E-state index in [9.17, 15) is 20.1 Å². The number of benzene rings is 1. The van der Waals surface area contributed by atoms with Crippen molar-refractivity contribution in [1.82, 2.24) is 5.32 Å². The minimum Gasteiger partial charge on any atom is -0.481 e. The monoisotopic (exact) mass is 452 g/mol. The molecule has 170 valence electrons. The second-order valence-corrected chi connectivity index (χ2v) is 7.54. The van der Waals surface area contributed by atoms with Crippen molar-refractivity contribution >= 4 is 29.0 Å². The van der Waals surface area contributed by atoms with Crippen LogP contribution in [0.25, 0.3) is 0 Å². The smallest absolute Gasteiger partial charge is 0.303 e. The van der Waals surface area contributed by atoms with Gasteiger partial charge in [-0.2, -0.15) is 0 Å². The van der Waals surface area contributed by atoms with Crippen LogP contribution in [-0.4, -0.2) is 68.8 Å². The maximum absolute atomic E-state index is 10.8. The van der Waals surface area contributed by atoms with Gasteiger partial charge >= 0.3 is 5.97 Å². The van der Waals surface area contributed by atoms with E-state index in [1.165, 1.54) is 0 Å². The van der Waals surface area contributed by atoms with Crippen LogP contribution >= 0.6 is 12.2 Å². The lowest BCUT2D eigenvalue weighted by Crippen LogP contribution is -2.59. The van der Waals surface area contributed by atoms with Gasteiger partial charge in [-0.15, -0.1) is 12.3 Å². The molecule has 5 atom stereocenters. The molecule has 1 aliphatic heterocycles. The number of hydrogen-bond donors (Lipinski definition) is 6. The van der Waals surface area contributed by atoms with Crippen molar-refractivity contribution in [2.45, 2.75) is 62.8 Å². The highest BCUT2D eigenvalue weighted by Crippen LogP contribution is 2.27. The number of unbranched alkanes of at least 4 members (excludes halogenated alkanes) is 2. The van der Waals surface area contributed by atoms with E-state index in [-0.39, 0.29) is 12.8 Å². The van der Waals surface area contributed by atoms with Crippen molar-refractivity contribution in [2.75, 3.05) is 11.9 Å². The number of terminal acetylenes is 1. The molecule has 0 spiro atoms. The van der Waals surface area contributed by atoms with Gasteiger partial charge in [0.1, 0.15) is 24.1 Å². The quantitative estimate of drug-likeness (QED) is 0.172. The van der Waals surface area contributed by atoms with Crippen LogP contribution in [0, 0.1) is 12.3 Å². The van der Waals surface area contributed by atoms with Crippen molar-refractivity contribution in [1.29, 1.82) is 0 Å². The fourth-order valence-electron chi connectivity index (χ4n) is 3.00. The lowest BCUT2D eigenvalue weighted by Gasteiger charge is -2.40. The van der Waals surface area contributed by atoms with Crippen LogP contribution in [0.5, 0.6) is 5.75 Å². The van der Waals surface area contributed by atoms with Crippen LogP contribution in [0.4, 0.5) is 5.69 Å². The van der Waals surface area contributed by atoms with E-state index in [0.717, 1.165) is 19.3 Å². The fraction of sp³-hybridized carbons (Fsp3) is 0.524.